The molecule has 0 saturated heterocycles. The minimum absolute atomic E-state index is 0.00375. The third-order valence-corrected chi connectivity index (χ3v) is 6.91. The summed E-state index contributed by atoms with van der Waals surface area (Å²) in [6.45, 7) is 11.1. The summed E-state index contributed by atoms with van der Waals surface area (Å²) in [5, 5.41) is 8.89. The number of benzene rings is 3. The van der Waals surface area contributed by atoms with Crippen molar-refractivity contribution in [1.82, 2.24) is 0 Å². The van der Waals surface area contributed by atoms with Gasteiger partial charge in [-0.15, -0.1) is 0 Å². The second-order valence-corrected chi connectivity index (χ2v) is 9.91. The van der Waals surface area contributed by atoms with Crippen molar-refractivity contribution in [3.05, 3.63) is 102 Å². The molecule has 224 valence electrons. The molecule has 0 radical (unpaired) electrons. The standard InChI is InChI=1S/C34H34O9/c1-5-32(36)41-16-15-39-25-8-11-28-27-10-7-24(18-29(27)23(4)30(28)19-25)34(38)43-26-9-12-31(21(2)17-26)40-13-6-14-42-33(37)22(3)20-35/h5,7-12,17-19,23,35H,1,3,6,13-16,20H2,2,4H3. The molecule has 1 aliphatic carbocycles. The van der Waals surface area contributed by atoms with E-state index in [2.05, 4.69) is 20.1 Å². The van der Waals surface area contributed by atoms with Gasteiger partial charge in [0, 0.05) is 18.4 Å². The van der Waals surface area contributed by atoms with Gasteiger partial charge in [0.15, 0.2) is 0 Å². The number of carbonyl (C=O) groups is 3. The van der Waals surface area contributed by atoms with Crippen molar-refractivity contribution in [3.8, 4) is 28.4 Å². The van der Waals surface area contributed by atoms with Crippen molar-refractivity contribution in [2.45, 2.75) is 26.2 Å². The molecule has 9 nitrogen and oxygen atoms in total. The Morgan fingerprint density at radius 2 is 1.58 bits per heavy atom. The first-order valence-corrected chi connectivity index (χ1v) is 13.8. The van der Waals surface area contributed by atoms with Gasteiger partial charge in [-0.2, -0.15) is 0 Å². The minimum atomic E-state index is -0.631. The molecule has 0 aliphatic heterocycles. The molecular weight excluding hydrogens is 552 g/mol. The summed E-state index contributed by atoms with van der Waals surface area (Å²) in [6.07, 6.45) is 1.57. The Hall–Kier alpha value is -4.89. The smallest absolute Gasteiger partial charge is 0.343 e. The molecule has 43 heavy (non-hydrogen) atoms. The van der Waals surface area contributed by atoms with Crippen LogP contribution in [0.25, 0.3) is 11.1 Å². The summed E-state index contributed by atoms with van der Waals surface area (Å²) in [4.78, 5) is 35.7. The molecule has 1 N–H and O–H groups in total. The molecule has 0 bridgehead atoms. The highest BCUT2D eigenvalue weighted by atomic mass is 16.6. The van der Waals surface area contributed by atoms with Crippen molar-refractivity contribution in [2.24, 2.45) is 0 Å². The maximum atomic E-state index is 13.1. The summed E-state index contributed by atoms with van der Waals surface area (Å²) in [5.74, 6) is 0.129. The molecule has 0 saturated carbocycles. The van der Waals surface area contributed by atoms with Crippen LogP contribution in [0.4, 0.5) is 0 Å². The summed E-state index contributed by atoms with van der Waals surface area (Å²) in [6, 6.07) is 16.5. The number of aliphatic hydroxyl groups is 1. The number of hydrogen-bond acceptors (Lipinski definition) is 9. The van der Waals surface area contributed by atoms with E-state index in [-0.39, 0.29) is 31.3 Å². The molecule has 4 rings (SSSR count). The Labute approximate surface area is 250 Å². The van der Waals surface area contributed by atoms with Crippen LogP contribution in [0.1, 0.15) is 46.3 Å². The van der Waals surface area contributed by atoms with E-state index in [0.29, 0.717) is 35.8 Å². The Morgan fingerprint density at radius 1 is 0.860 bits per heavy atom. The van der Waals surface area contributed by atoms with Crippen LogP contribution >= 0.6 is 0 Å². The van der Waals surface area contributed by atoms with Crippen molar-refractivity contribution >= 4 is 17.9 Å². The first kappa shape index (κ1) is 31.1. The third-order valence-electron chi connectivity index (χ3n) is 6.91. The fraction of sp³-hybridized carbons (Fsp3) is 0.265. The molecule has 9 heteroatoms. The summed E-state index contributed by atoms with van der Waals surface area (Å²) in [5.41, 5.74) is 5.46. The third kappa shape index (κ3) is 7.69. The highest BCUT2D eigenvalue weighted by molar-refractivity contribution is 5.93. The quantitative estimate of drug-likeness (QED) is 0.116. The highest BCUT2D eigenvalue weighted by Gasteiger charge is 2.27. The average molecular weight is 587 g/mol. The van der Waals surface area contributed by atoms with Crippen LogP contribution in [0.2, 0.25) is 0 Å². The molecule has 0 spiro atoms. The maximum absolute atomic E-state index is 13.1. The molecule has 0 amide bonds. The SMILES string of the molecule is C=CC(=O)OCCOc1ccc2c(c1)C(C)c1cc(C(=O)Oc3ccc(OCCCOC(=O)C(=C)CO)c(C)c3)ccc1-2. The van der Waals surface area contributed by atoms with Crippen molar-refractivity contribution in [3.63, 3.8) is 0 Å². The lowest BCUT2D eigenvalue weighted by molar-refractivity contribution is -0.140. The molecule has 3 aromatic rings. The lowest BCUT2D eigenvalue weighted by Crippen LogP contribution is -2.12. The van der Waals surface area contributed by atoms with Crippen molar-refractivity contribution in [2.75, 3.05) is 33.0 Å². The van der Waals surface area contributed by atoms with E-state index in [4.69, 9.17) is 28.8 Å². The minimum Gasteiger partial charge on any atom is -0.493 e. The van der Waals surface area contributed by atoms with E-state index < -0.39 is 24.5 Å². The molecule has 0 heterocycles. The predicted molar refractivity (Wildman–Crippen MR) is 159 cm³/mol. The van der Waals surface area contributed by atoms with Gasteiger partial charge in [-0.3, -0.25) is 0 Å². The molecule has 1 aliphatic rings. The van der Waals surface area contributed by atoms with Crippen LogP contribution in [-0.2, 0) is 19.1 Å². The topological polar surface area (TPSA) is 118 Å². The number of rotatable bonds is 14. The molecule has 1 unspecified atom stereocenters. The Bertz CT molecular complexity index is 1540. The maximum Gasteiger partial charge on any atom is 0.343 e. The average Bonchev–Trinajstić information content (AvgIpc) is 3.29. The number of esters is 3. The number of hydrogen-bond donors (Lipinski definition) is 1. The first-order valence-electron chi connectivity index (χ1n) is 13.8. The Morgan fingerprint density at radius 3 is 2.30 bits per heavy atom. The van der Waals surface area contributed by atoms with Crippen LogP contribution in [0.3, 0.4) is 0 Å². The highest BCUT2D eigenvalue weighted by Crippen LogP contribution is 2.46. The van der Waals surface area contributed by atoms with Gasteiger partial charge in [-0.05, 0) is 77.2 Å². The normalized spacial score (nSPS) is 12.9. The summed E-state index contributed by atoms with van der Waals surface area (Å²) < 4.78 is 27.1. The molecule has 1 atom stereocenters. The van der Waals surface area contributed by atoms with Crippen LogP contribution in [-0.4, -0.2) is 56.0 Å². The monoisotopic (exact) mass is 586 g/mol. The number of fused-ring (bicyclic) bond motifs is 3. The molecule has 0 fully saturated rings. The lowest BCUT2D eigenvalue weighted by atomic mass is 9.98. The van der Waals surface area contributed by atoms with Crippen LogP contribution < -0.4 is 14.2 Å². The van der Waals surface area contributed by atoms with Crippen molar-refractivity contribution < 1.29 is 43.2 Å². The van der Waals surface area contributed by atoms with Crippen LogP contribution in [0, 0.1) is 6.92 Å². The van der Waals surface area contributed by atoms with E-state index in [1.165, 1.54) is 0 Å². The zero-order chi connectivity index (χ0) is 30.9. The van der Waals surface area contributed by atoms with Crippen molar-refractivity contribution in [1.29, 1.82) is 0 Å². The molecular formula is C34H34O9. The van der Waals surface area contributed by atoms with Gasteiger partial charge in [-0.1, -0.05) is 32.2 Å². The first-order chi connectivity index (χ1) is 20.7. The second kappa shape index (κ2) is 14.3. The van der Waals surface area contributed by atoms with Crippen LogP contribution in [0.5, 0.6) is 17.2 Å². The number of ether oxygens (including phenoxy) is 5. The number of aryl methyl sites for hydroxylation is 1. The van der Waals surface area contributed by atoms with Gasteiger partial charge in [-0.25, -0.2) is 14.4 Å². The second-order valence-electron chi connectivity index (χ2n) is 9.91. The zero-order valence-electron chi connectivity index (χ0n) is 24.2. The fourth-order valence-corrected chi connectivity index (χ4v) is 4.64. The summed E-state index contributed by atoms with van der Waals surface area (Å²) in [7, 11) is 0. The number of carbonyl (C=O) groups excluding carboxylic acids is 3. The van der Waals surface area contributed by atoms with E-state index in [1.807, 2.05) is 37.3 Å². The lowest BCUT2D eigenvalue weighted by Gasteiger charge is -2.12. The van der Waals surface area contributed by atoms with Gasteiger partial charge in [0.05, 0.1) is 31.0 Å². The Kier molecular flexibility index (Phi) is 10.3. The van der Waals surface area contributed by atoms with E-state index in [1.54, 1.807) is 24.3 Å². The van der Waals surface area contributed by atoms with E-state index in [9.17, 15) is 14.4 Å². The Balaban J connectivity index is 1.32. The van der Waals surface area contributed by atoms with Gasteiger partial charge >= 0.3 is 17.9 Å². The van der Waals surface area contributed by atoms with Gasteiger partial charge in [0.1, 0.15) is 30.5 Å². The largest absolute Gasteiger partial charge is 0.493 e. The van der Waals surface area contributed by atoms with Gasteiger partial charge in [0.25, 0.3) is 0 Å². The van der Waals surface area contributed by atoms with Crippen LogP contribution in [0.15, 0.2) is 79.4 Å². The van der Waals surface area contributed by atoms with Gasteiger partial charge < -0.3 is 28.8 Å². The predicted octanol–water partition coefficient (Wildman–Crippen LogP) is 5.32. The van der Waals surface area contributed by atoms with Gasteiger partial charge in [0.2, 0.25) is 0 Å². The van der Waals surface area contributed by atoms with E-state index >= 15 is 0 Å². The zero-order valence-corrected chi connectivity index (χ0v) is 24.2. The van der Waals surface area contributed by atoms with E-state index in [0.717, 1.165) is 33.9 Å². The molecule has 3 aromatic carbocycles. The fourth-order valence-electron chi connectivity index (χ4n) is 4.64. The summed E-state index contributed by atoms with van der Waals surface area (Å²) >= 11 is 0. The molecule has 0 aromatic heterocycles. The number of aliphatic hydroxyl groups excluding tert-OH is 1.